The monoisotopic (exact) mass is 484 g/mol. The predicted octanol–water partition coefficient (Wildman–Crippen LogP) is 5.97. The second-order valence-corrected chi connectivity index (χ2v) is 10.3. The van der Waals surface area contributed by atoms with Gasteiger partial charge in [0, 0.05) is 34.8 Å². The number of aliphatic carboxylic acids is 1. The van der Waals surface area contributed by atoms with E-state index in [4.69, 9.17) is 4.74 Å². The molecular formula is C28H40N2O3S. The Bertz CT molecular complexity index is 881. The summed E-state index contributed by atoms with van der Waals surface area (Å²) in [6, 6.07) is 16.0. The minimum Gasteiger partial charge on any atom is -0.496 e. The molecule has 2 atom stereocenters. The molecule has 6 heteroatoms. The van der Waals surface area contributed by atoms with Crippen LogP contribution in [0.3, 0.4) is 0 Å². The molecule has 0 bridgehead atoms. The van der Waals surface area contributed by atoms with Crippen molar-refractivity contribution in [3.05, 3.63) is 59.7 Å². The second-order valence-electron chi connectivity index (χ2n) is 9.27. The molecule has 2 N–H and O–H groups in total. The number of carboxylic acids is 1. The number of carboxylic acid groups (broad SMARTS) is 1. The molecule has 186 valence electrons. The lowest BCUT2D eigenvalue weighted by molar-refractivity contribution is -0.142. The van der Waals surface area contributed by atoms with Crippen LogP contribution in [0.2, 0.25) is 0 Å². The molecule has 0 spiro atoms. The van der Waals surface area contributed by atoms with Crippen LogP contribution in [0.4, 0.5) is 0 Å². The van der Waals surface area contributed by atoms with Gasteiger partial charge in [-0.15, -0.1) is 11.8 Å². The van der Waals surface area contributed by atoms with Crippen molar-refractivity contribution in [1.82, 2.24) is 10.2 Å². The molecule has 34 heavy (non-hydrogen) atoms. The Morgan fingerprint density at radius 2 is 1.91 bits per heavy atom. The summed E-state index contributed by atoms with van der Waals surface area (Å²) in [7, 11) is 1.71. The van der Waals surface area contributed by atoms with E-state index in [0.717, 1.165) is 49.4 Å². The number of rotatable bonds is 8. The SMILES string of the molecule is CCCC[C@]1(CC)CSc2cc(CN3CCCC3C(=O)O)c(OC)cc2CN1.c1ccccc1. The van der Waals surface area contributed by atoms with E-state index in [1.165, 1.54) is 29.7 Å². The van der Waals surface area contributed by atoms with Gasteiger partial charge < -0.3 is 15.2 Å². The van der Waals surface area contributed by atoms with Crippen LogP contribution >= 0.6 is 11.8 Å². The van der Waals surface area contributed by atoms with Crippen LogP contribution in [-0.2, 0) is 17.9 Å². The standard InChI is InChI=1S/C22H34N2O3S.C6H6/c1-4-6-9-22(5-2)15-28-20-12-17(19(27-3)11-16(20)13-23-22)14-24-10-7-8-18(24)21(25)26;1-2-4-6-5-3-1/h11-12,18,23H,4-10,13-15H2,1-3H3,(H,25,26);1-6H/t18?,22-;/m1./s1. The summed E-state index contributed by atoms with van der Waals surface area (Å²) >= 11 is 1.94. The van der Waals surface area contributed by atoms with E-state index in [-0.39, 0.29) is 11.6 Å². The molecule has 4 rings (SSSR count). The number of nitrogens with zero attached hydrogens (tertiary/aromatic N) is 1. The fourth-order valence-electron chi connectivity index (χ4n) is 4.76. The molecular weight excluding hydrogens is 444 g/mol. The van der Waals surface area contributed by atoms with Crippen molar-refractivity contribution in [3.63, 3.8) is 0 Å². The van der Waals surface area contributed by atoms with E-state index in [9.17, 15) is 9.90 Å². The molecule has 1 saturated heterocycles. The smallest absolute Gasteiger partial charge is 0.320 e. The van der Waals surface area contributed by atoms with E-state index in [1.54, 1.807) is 7.11 Å². The van der Waals surface area contributed by atoms with Crippen LogP contribution in [0.25, 0.3) is 0 Å². The van der Waals surface area contributed by atoms with Crippen LogP contribution in [0.15, 0.2) is 53.4 Å². The number of ether oxygens (including phenoxy) is 1. The molecule has 5 nitrogen and oxygen atoms in total. The third-order valence-corrected chi connectivity index (χ3v) is 8.38. The highest BCUT2D eigenvalue weighted by atomic mass is 32.2. The number of nitrogens with one attached hydrogen (secondary N) is 1. The fraction of sp³-hybridized carbons (Fsp3) is 0.536. The Morgan fingerprint density at radius 1 is 1.21 bits per heavy atom. The Labute approximate surface area is 209 Å². The highest BCUT2D eigenvalue weighted by molar-refractivity contribution is 7.99. The number of thioether (sulfide) groups is 1. The zero-order valence-corrected chi connectivity index (χ0v) is 21.7. The van der Waals surface area contributed by atoms with Crippen LogP contribution in [0.5, 0.6) is 5.75 Å². The first-order chi connectivity index (χ1) is 16.5. The van der Waals surface area contributed by atoms with E-state index < -0.39 is 5.97 Å². The number of unbranched alkanes of at least 4 members (excludes halogenated alkanes) is 1. The van der Waals surface area contributed by atoms with Crippen molar-refractivity contribution in [2.75, 3.05) is 19.4 Å². The van der Waals surface area contributed by atoms with Crippen LogP contribution in [0, 0.1) is 0 Å². The zero-order valence-electron chi connectivity index (χ0n) is 20.9. The van der Waals surface area contributed by atoms with E-state index in [1.807, 2.05) is 48.2 Å². The molecule has 1 unspecified atom stereocenters. The number of hydrogen-bond donors (Lipinski definition) is 2. The van der Waals surface area contributed by atoms with Crippen molar-refractivity contribution >= 4 is 17.7 Å². The lowest BCUT2D eigenvalue weighted by Crippen LogP contribution is -2.45. The molecule has 0 saturated carbocycles. The fourth-order valence-corrected chi connectivity index (χ4v) is 6.18. The van der Waals surface area contributed by atoms with Crippen LogP contribution < -0.4 is 10.1 Å². The topological polar surface area (TPSA) is 61.8 Å². The van der Waals surface area contributed by atoms with Crippen molar-refractivity contribution in [3.8, 4) is 5.75 Å². The van der Waals surface area contributed by atoms with Gasteiger partial charge in [0.05, 0.1) is 7.11 Å². The highest BCUT2D eigenvalue weighted by Crippen LogP contribution is 2.38. The number of benzene rings is 2. The van der Waals surface area contributed by atoms with Crippen LogP contribution in [0.1, 0.15) is 63.5 Å². The Kier molecular flexibility index (Phi) is 10.3. The molecule has 2 aromatic carbocycles. The largest absolute Gasteiger partial charge is 0.496 e. The summed E-state index contributed by atoms with van der Waals surface area (Å²) in [5, 5.41) is 13.3. The molecule has 1 fully saturated rings. The predicted molar refractivity (Wildman–Crippen MR) is 141 cm³/mol. The van der Waals surface area contributed by atoms with Gasteiger partial charge in [0.25, 0.3) is 0 Å². The number of likely N-dealkylation sites (tertiary alicyclic amines) is 1. The molecule has 0 aromatic heterocycles. The average molecular weight is 485 g/mol. The molecule has 2 aliphatic heterocycles. The maximum Gasteiger partial charge on any atom is 0.320 e. The summed E-state index contributed by atoms with van der Waals surface area (Å²) in [5.41, 5.74) is 2.57. The van der Waals surface area contributed by atoms with Gasteiger partial charge in [-0.25, -0.2) is 0 Å². The summed E-state index contributed by atoms with van der Waals surface area (Å²) in [4.78, 5) is 14.9. The minimum absolute atomic E-state index is 0.191. The molecule has 2 heterocycles. The van der Waals surface area contributed by atoms with Gasteiger partial charge in [-0.3, -0.25) is 9.69 Å². The summed E-state index contributed by atoms with van der Waals surface area (Å²) in [6.45, 7) is 6.86. The number of carbonyl (C=O) groups is 1. The quantitative estimate of drug-likeness (QED) is 0.482. The molecule has 2 aliphatic rings. The van der Waals surface area contributed by atoms with Crippen LogP contribution in [-0.4, -0.2) is 47.0 Å². The molecule has 0 radical (unpaired) electrons. The van der Waals surface area contributed by atoms with E-state index >= 15 is 0 Å². The molecule has 0 aliphatic carbocycles. The van der Waals surface area contributed by atoms with Crippen molar-refractivity contribution in [1.29, 1.82) is 0 Å². The molecule has 0 amide bonds. The van der Waals surface area contributed by atoms with Crippen molar-refractivity contribution in [2.45, 2.75) is 81.9 Å². The van der Waals surface area contributed by atoms with Gasteiger partial charge in [-0.1, -0.05) is 63.1 Å². The first-order valence-electron chi connectivity index (χ1n) is 12.6. The number of hydrogen-bond acceptors (Lipinski definition) is 5. The Balaban J connectivity index is 0.000000469. The Morgan fingerprint density at radius 3 is 2.50 bits per heavy atom. The lowest BCUT2D eigenvalue weighted by Gasteiger charge is -2.32. The average Bonchev–Trinajstić information content (AvgIpc) is 3.26. The van der Waals surface area contributed by atoms with Gasteiger partial charge >= 0.3 is 5.97 Å². The summed E-state index contributed by atoms with van der Waals surface area (Å²) in [6.07, 6.45) is 6.49. The van der Waals surface area contributed by atoms with Gasteiger partial charge in [0.1, 0.15) is 11.8 Å². The second kappa shape index (κ2) is 13.2. The van der Waals surface area contributed by atoms with E-state index in [2.05, 4.69) is 36.2 Å². The third kappa shape index (κ3) is 7.00. The summed E-state index contributed by atoms with van der Waals surface area (Å²) in [5.74, 6) is 1.23. The maximum atomic E-state index is 11.5. The lowest BCUT2D eigenvalue weighted by atomic mass is 9.91. The maximum absolute atomic E-state index is 11.5. The minimum atomic E-state index is -0.714. The van der Waals surface area contributed by atoms with E-state index in [0.29, 0.717) is 6.54 Å². The first-order valence-corrected chi connectivity index (χ1v) is 13.5. The number of fused-ring (bicyclic) bond motifs is 1. The zero-order chi connectivity index (χ0) is 24.4. The number of methoxy groups -OCH3 is 1. The summed E-state index contributed by atoms with van der Waals surface area (Å²) < 4.78 is 5.69. The van der Waals surface area contributed by atoms with Gasteiger partial charge in [-0.2, -0.15) is 0 Å². The van der Waals surface area contributed by atoms with Gasteiger partial charge in [0.15, 0.2) is 0 Å². The first kappa shape index (κ1) is 26.6. The molecule has 2 aromatic rings. The Hall–Kier alpha value is -2.02. The van der Waals surface area contributed by atoms with Crippen molar-refractivity contribution in [2.24, 2.45) is 0 Å². The third-order valence-electron chi connectivity index (χ3n) is 7.00. The van der Waals surface area contributed by atoms with Gasteiger partial charge in [-0.05, 0) is 49.9 Å². The van der Waals surface area contributed by atoms with Crippen molar-refractivity contribution < 1.29 is 14.6 Å². The highest BCUT2D eigenvalue weighted by Gasteiger charge is 2.33. The normalized spacial score (nSPS) is 22.3. The van der Waals surface area contributed by atoms with Gasteiger partial charge in [0.2, 0.25) is 0 Å².